The summed E-state index contributed by atoms with van der Waals surface area (Å²) in [4.78, 5) is 27.2. The Morgan fingerprint density at radius 3 is 2.81 bits per heavy atom. The van der Waals surface area contributed by atoms with Crippen LogP contribution in [-0.2, 0) is 24.1 Å². The number of amides is 1. The van der Waals surface area contributed by atoms with Crippen LogP contribution in [-0.4, -0.2) is 41.2 Å². The zero-order chi connectivity index (χ0) is 22.3. The fourth-order valence-corrected chi connectivity index (χ4v) is 5.95. The fraction of sp³-hybridized carbons (Fsp3) is 0.615. The van der Waals surface area contributed by atoms with E-state index in [2.05, 4.69) is 13.0 Å². The number of piperidine rings is 1. The van der Waals surface area contributed by atoms with E-state index in [9.17, 15) is 14.7 Å². The maximum Gasteiger partial charge on any atom is 0.339 e. The molecule has 2 fully saturated rings. The largest absolute Gasteiger partial charge is 0.483 e. The highest BCUT2D eigenvalue weighted by Gasteiger charge is 2.43. The number of hydrogen-bond acceptors (Lipinski definition) is 5. The van der Waals surface area contributed by atoms with Gasteiger partial charge in [0.1, 0.15) is 11.3 Å². The van der Waals surface area contributed by atoms with Crippen molar-refractivity contribution in [2.24, 2.45) is 5.92 Å². The van der Waals surface area contributed by atoms with E-state index in [-0.39, 0.29) is 24.1 Å². The molecule has 172 valence electrons. The van der Waals surface area contributed by atoms with Gasteiger partial charge in [0.05, 0.1) is 5.60 Å². The van der Waals surface area contributed by atoms with Crippen molar-refractivity contribution in [1.82, 2.24) is 4.90 Å². The third-order valence-corrected chi connectivity index (χ3v) is 7.92. The number of nitrogens with zero attached hydrogens (tertiary/aromatic N) is 1. The molecule has 2 heterocycles. The topological polar surface area (TPSA) is 80.0 Å². The molecule has 0 unspecified atom stereocenters. The summed E-state index contributed by atoms with van der Waals surface area (Å²) in [6, 6.07) is 3.86. The van der Waals surface area contributed by atoms with Gasteiger partial charge in [0, 0.05) is 36.0 Å². The van der Waals surface area contributed by atoms with Crippen molar-refractivity contribution in [2.45, 2.75) is 76.7 Å². The van der Waals surface area contributed by atoms with Gasteiger partial charge >= 0.3 is 5.63 Å². The zero-order valence-corrected chi connectivity index (χ0v) is 19.0. The molecule has 1 aromatic carbocycles. The Kier molecular flexibility index (Phi) is 5.74. The van der Waals surface area contributed by atoms with Gasteiger partial charge in [-0.2, -0.15) is 0 Å². The Morgan fingerprint density at radius 1 is 1.19 bits per heavy atom. The van der Waals surface area contributed by atoms with E-state index >= 15 is 0 Å². The molecule has 0 spiro atoms. The van der Waals surface area contributed by atoms with Crippen LogP contribution in [0.3, 0.4) is 0 Å². The molecule has 1 aromatic heterocycles. The minimum atomic E-state index is -0.597. The lowest BCUT2D eigenvalue weighted by Crippen LogP contribution is -2.55. The molecule has 1 saturated heterocycles. The number of rotatable bonds is 4. The van der Waals surface area contributed by atoms with Crippen LogP contribution in [0.2, 0.25) is 0 Å². The van der Waals surface area contributed by atoms with Crippen LogP contribution in [0.4, 0.5) is 0 Å². The molecule has 3 aliphatic rings. The number of ether oxygens (including phenoxy) is 1. The number of likely N-dealkylation sites (tertiary alicyclic amines) is 1. The molecule has 2 aliphatic carbocycles. The van der Waals surface area contributed by atoms with E-state index in [1.54, 1.807) is 6.07 Å². The van der Waals surface area contributed by atoms with Crippen molar-refractivity contribution >= 4 is 16.9 Å². The molecule has 2 atom stereocenters. The molecule has 0 radical (unpaired) electrons. The van der Waals surface area contributed by atoms with Gasteiger partial charge in [-0.25, -0.2) is 4.79 Å². The van der Waals surface area contributed by atoms with Gasteiger partial charge in [-0.1, -0.05) is 19.8 Å². The molecule has 2 aromatic rings. The van der Waals surface area contributed by atoms with Crippen molar-refractivity contribution in [1.29, 1.82) is 0 Å². The Balaban J connectivity index is 1.34. The summed E-state index contributed by atoms with van der Waals surface area (Å²) in [5.41, 5.74) is 2.66. The molecule has 1 N–H and O–H groups in total. The van der Waals surface area contributed by atoms with Crippen molar-refractivity contribution in [3.8, 4) is 5.75 Å². The number of aliphatic hydroxyl groups is 1. The summed E-state index contributed by atoms with van der Waals surface area (Å²) in [6.07, 6.45) is 9.25. The lowest BCUT2D eigenvalue weighted by Gasteiger charge is -2.47. The van der Waals surface area contributed by atoms with Crippen LogP contribution in [0.15, 0.2) is 21.3 Å². The van der Waals surface area contributed by atoms with Gasteiger partial charge in [0.2, 0.25) is 0 Å². The zero-order valence-electron chi connectivity index (χ0n) is 19.0. The van der Waals surface area contributed by atoms with Crippen LogP contribution in [0.5, 0.6) is 5.75 Å². The summed E-state index contributed by atoms with van der Waals surface area (Å²) in [6.45, 7) is 3.21. The number of carbonyl (C=O) groups is 1. The first-order valence-corrected chi connectivity index (χ1v) is 12.2. The van der Waals surface area contributed by atoms with E-state index in [4.69, 9.17) is 9.15 Å². The van der Waals surface area contributed by atoms with Gasteiger partial charge in [-0.05, 0) is 68.6 Å². The number of aryl methyl sites for hydroxylation is 2. The quantitative estimate of drug-likeness (QED) is 0.734. The lowest BCUT2D eigenvalue weighted by molar-refractivity contribution is -0.145. The van der Waals surface area contributed by atoms with Crippen molar-refractivity contribution in [3.63, 3.8) is 0 Å². The van der Waals surface area contributed by atoms with Crippen molar-refractivity contribution in [3.05, 3.63) is 39.2 Å². The molecule has 6 nitrogen and oxygen atoms in total. The average Bonchev–Trinajstić information content (AvgIpc) is 2.81. The van der Waals surface area contributed by atoms with Gasteiger partial charge in [0.25, 0.3) is 5.91 Å². The first kappa shape index (κ1) is 21.5. The van der Waals surface area contributed by atoms with Crippen LogP contribution in [0.25, 0.3) is 11.0 Å². The van der Waals surface area contributed by atoms with E-state index in [0.29, 0.717) is 30.8 Å². The Hall–Kier alpha value is -2.34. The fourth-order valence-electron chi connectivity index (χ4n) is 5.95. The predicted molar refractivity (Wildman–Crippen MR) is 122 cm³/mol. The third-order valence-electron chi connectivity index (χ3n) is 7.92. The van der Waals surface area contributed by atoms with E-state index in [1.165, 1.54) is 0 Å². The van der Waals surface area contributed by atoms with E-state index < -0.39 is 5.60 Å². The number of carbonyl (C=O) groups excluding carboxylic acids is 1. The Labute approximate surface area is 188 Å². The van der Waals surface area contributed by atoms with Crippen LogP contribution in [0.1, 0.15) is 68.6 Å². The standard InChI is InChI=1S/C26H33NO5/c1-2-17-13-21-19-8-3-4-9-20(19)25(29)32-23(21)14-22(17)31-16-24(28)27-12-11-26(30)10-6-5-7-18(26)15-27/h13-14,18,30H,2-12,15-16H2,1H3/t18-,26-/m0/s1. The number of benzene rings is 1. The first-order valence-electron chi connectivity index (χ1n) is 12.2. The molecular formula is C26H33NO5. The van der Waals surface area contributed by atoms with Gasteiger partial charge in [-0.3, -0.25) is 4.79 Å². The average molecular weight is 440 g/mol. The molecule has 6 heteroatoms. The van der Waals surface area contributed by atoms with Crippen molar-refractivity contribution in [2.75, 3.05) is 19.7 Å². The molecule has 5 rings (SSSR count). The molecular weight excluding hydrogens is 406 g/mol. The normalized spacial score (nSPS) is 25.3. The maximum atomic E-state index is 12.9. The summed E-state index contributed by atoms with van der Waals surface area (Å²) in [7, 11) is 0. The van der Waals surface area contributed by atoms with Gasteiger partial charge < -0.3 is 19.2 Å². The molecule has 1 amide bonds. The number of hydrogen-bond donors (Lipinski definition) is 1. The van der Waals surface area contributed by atoms with Crippen LogP contribution < -0.4 is 10.4 Å². The third kappa shape index (κ3) is 3.83. The molecule has 32 heavy (non-hydrogen) atoms. The minimum Gasteiger partial charge on any atom is -0.483 e. The lowest BCUT2D eigenvalue weighted by atomic mass is 9.71. The van der Waals surface area contributed by atoms with Gasteiger partial charge in [-0.15, -0.1) is 0 Å². The number of fused-ring (bicyclic) bond motifs is 4. The summed E-state index contributed by atoms with van der Waals surface area (Å²) >= 11 is 0. The predicted octanol–water partition coefficient (Wildman–Crippen LogP) is 3.77. The molecule has 1 aliphatic heterocycles. The van der Waals surface area contributed by atoms with Crippen LogP contribution >= 0.6 is 0 Å². The van der Waals surface area contributed by atoms with E-state index in [0.717, 1.165) is 79.9 Å². The smallest absolute Gasteiger partial charge is 0.339 e. The maximum absolute atomic E-state index is 12.9. The van der Waals surface area contributed by atoms with Crippen molar-refractivity contribution < 1.29 is 19.1 Å². The summed E-state index contributed by atoms with van der Waals surface area (Å²) in [5, 5.41) is 11.9. The summed E-state index contributed by atoms with van der Waals surface area (Å²) in [5.74, 6) is 0.728. The second kappa shape index (κ2) is 8.54. The summed E-state index contributed by atoms with van der Waals surface area (Å²) < 4.78 is 11.6. The van der Waals surface area contributed by atoms with Crippen LogP contribution in [0, 0.1) is 5.92 Å². The SMILES string of the molecule is CCc1cc2c3c(c(=O)oc2cc1OCC(=O)N1CC[C@@]2(O)CCCC[C@H]2C1)CCCC3. The first-order chi connectivity index (χ1) is 15.5. The second-order valence-electron chi connectivity index (χ2n) is 9.79. The minimum absolute atomic E-state index is 0.0428. The highest BCUT2D eigenvalue weighted by Crippen LogP contribution is 2.40. The molecule has 1 saturated carbocycles. The van der Waals surface area contributed by atoms with Gasteiger partial charge in [0.15, 0.2) is 6.61 Å². The monoisotopic (exact) mass is 439 g/mol. The Morgan fingerprint density at radius 2 is 2.00 bits per heavy atom. The highest BCUT2D eigenvalue weighted by molar-refractivity contribution is 5.84. The highest BCUT2D eigenvalue weighted by atomic mass is 16.5. The Bertz CT molecular complexity index is 1090. The second-order valence-corrected chi connectivity index (χ2v) is 9.79. The van der Waals surface area contributed by atoms with E-state index in [1.807, 2.05) is 4.90 Å². The molecule has 0 bridgehead atoms.